The third kappa shape index (κ3) is 3.86. The first-order chi connectivity index (χ1) is 13.6. The van der Waals surface area contributed by atoms with E-state index in [2.05, 4.69) is 10.1 Å². The fourth-order valence-electron chi connectivity index (χ4n) is 3.55. The molecule has 0 radical (unpaired) electrons. The highest BCUT2D eigenvalue weighted by Crippen LogP contribution is 2.46. The summed E-state index contributed by atoms with van der Waals surface area (Å²) in [5.74, 6) is -1.80. The van der Waals surface area contributed by atoms with Gasteiger partial charge in [-0.25, -0.2) is 4.52 Å². The van der Waals surface area contributed by atoms with E-state index in [9.17, 15) is 19.2 Å². The second kappa shape index (κ2) is 7.66. The minimum absolute atomic E-state index is 0.224. The smallest absolute Gasteiger partial charge is 0.303 e. The summed E-state index contributed by atoms with van der Waals surface area (Å²) in [5, 5.41) is 4.12. The van der Waals surface area contributed by atoms with Crippen LogP contribution in [0.3, 0.4) is 0 Å². The van der Waals surface area contributed by atoms with Gasteiger partial charge in [-0.05, 0) is 19.1 Å². The number of aromatic nitrogens is 3. The molecule has 11 nitrogen and oxygen atoms in total. The molecule has 1 aliphatic heterocycles. The Morgan fingerprint density at radius 3 is 2.55 bits per heavy atom. The second-order valence-electron chi connectivity index (χ2n) is 6.84. The Labute approximate surface area is 164 Å². The largest absolute Gasteiger partial charge is 0.463 e. The van der Waals surface area contributed by atoms with E-state index in [-0.39, 0.29) is 17.7 Å². The van der Waals surface area contributed by atoms with Crippen LogP contribution in [0.4, 0.5) is 0 Å². The molecule has 0 amide bonds. The predicted octanol–water partition coefficient (Wildman–Crippen LogP) is 0.279. The molecule has 0 aliphatic carbocycles. The Kier molecular flexibility index (Phi) is 5.42. The van der Waals surface area contributed by atoms with Crippen molar-refractivity contribution in [1.82, 2.24) is 14.6 Å². The summed E-state index contributed by atoms with van der Waals surface area (Å²) in [6.07, 6.45) is -1.73. The molecule has 0 bridgehead atoms. The number of rotatable bonds is 5. The number of fused-ring (bicyclic) bond motifs is 1. The number of esters is 3. The Hall–Kier alpha value is -3.21. The van der Waals surface area contributed by atoms with Crippen molar-refractivity contribution in [3.8, 4) is 0 Å². The monoisotopic (exact) mass is 407 g/mol. The summed E-state index contributed by atoms with van der Waals surface area (Å²) in [5.41, 5.74) is -1.19. The lowest BCUT2D eigenvalue weighted by Crippen LogP contribution is -2.49. The van der Waals surface area contributed by atoms with Gasteiger partial charge in [0.1, 0.15) is 30.7 Å². The molecule has 2 aromatic rings. The van der Waals surface area contributed by atoms with E-state index in [1.54, 1.807) is 19.1 Å². The number of nitrogens with one attached hydrogen (secondary N) is 1. The lowest BCUT2D eigenvalue weighted by molar-refractivity contribution is -0.181. The van der Waals surface area contributed by atoms with Crippen molar-refractivity contribution < 1.29 is 33.3 Å². The van der Waals surface area contributed by atoms with Crippen LogP contribution in [0, 0.1) is 0 Å². The third-order valence-electron chi connectivity index (χ3n) is 4.60. The predicted molar refractivity (Wildman–Crippen MR) is 95.8 cm³/mol. The second-order valence-corrected chi connectivity index (χ2v) is 6.84. The normalized spacial score (nSPS) is 26.3. The Bertz CT molecular complexity index is 1010. The Balaban J connectivity index is 2.10. The molecule has 0 aromatic carbocycles. The summed E-state index contributed by atoms with van der Waals surface area (Å²) < 4.78 is 23.4. The van der Waals surface area contributed by atoms with Crippen LogP contribution >= 0.6 is 0 Å². The number of H-pyrrole nitrogens is 1. The van der Waals surface area contributed by atoms with Gasteiger partial charge in [0.2, 0.25) is 0 Å². The fourth-order valence-corrected chi connectivity index (χ4v) is 3.55. The summed E-state index contributed by atoms with van der Waals surface area (Å²) in [4.78, 5) is 49.3. The van der Waals surface area contributed by atoms with Crippen molar-refractivity contribution in [2.24, 2.45) is 0 Å². The van der Waals surface area contributed by atoms with Gasteiger partial charge in [0.15, 0.2) is 11.7 Å². The maximum absolute atomic E-state index is 12.0. The maximum Gasteiger partial charge on any atom is 0.303 e. The number of hydrogen-bond donors (Lipinski definition) is 1. The van der Waals surface area contributed by atoms with Crippen LogP contribution in [0.25, 0.3) is 5.52 Å². The molecule has 0 saturated carbocycles. The average molecular weight is 407 g/mol. The number of nitrogens with zero attached hydrogens (tertiary/aromatic N) is 2. The molecular formula is C18H21N3O8. The van der Waals surface area contributed by atoms with Gasteiger partial charge >= 0.3 is 17.9 Å². The molecule has 1 N–H and O–H groups in total. The molecule has 29 heavy (non-hydrogen) atoms. The first kappa shape index (κ1) is 20.5. The minimum Gasteiger partial charge on any atom is -0.463 e. The van der Waals surface area contributed by atoms with Gasteiger partial charge in [-0.1, -0.05) is 0 Å². The molecule has 156 valence electrons. The minimum atomic E-state index is -1.47. The molecule has 0 spiro atoms. The molecule has 0 unspecified atom stereocenters. The first-order valence-electron chi connectivity index (χ1n) is 8.84. The summed E-state index contributed by atoms with van der Waals surface area (Å²) >= 11 is 0. The number of aromatic amines is 1. The van der Waals surface area contributed by atoms with Crippen LogP contribution < -0.4 is 5.56 Å². The van der Waals surface area contributed by atoms with E-state index in [1.165, 1.54) is 31.6 Å². The molecule has 1 saturated heterocycles. The average Bonchev–Trinajstić information content (AvgIpc) is 3.13. The molecular weight excluding hydrogens is 386 g/mol. The van der Waals surface area contributed by atoms with Crippen molar-refractivity contribution in [1.29, 1.82) is 0 Å². The molecule has 3 heterocycles. The zero-order valence-electron chi connectivity index (χ0n) is 16.3. The van der Waals surface area contributed by atoms with Crippen molar-refractivity contribution in [2.45, 2.75) is 51.6 Å². The molecule has 4 atom stereocenters. The van der Waals surface area contributed by atoms with Crippen LogP contribution in [0.2, 0.25) is 0 Å². The third-order valence-corrected chi connectivity index (χ3v) is 4.60. The van der Waals surface area contributed by atoms with Gasteiger partial charge in [0, 0.05) is 20.8 Å². The highest BCUT2D eigenvalue weighted by molar-refractivity contribution is 5.68. The number of carbonyl (C=O) groups is 3. The fraction of sp³-hybridized carbons (Fsp3) is 0.500. The summed E-state index contributed by atoms with van der Waals surface area (Å²) in [6.45, 7) is 4.98. The Morgan fingerprint density at radius 2 is 1.93 bits per heavy atom. The zero-order chi connectivity index (χ0) is 21.3. The van der Waals surface area contributed by atoms with E-state index in [0.717, 1.165) is 0 Å². The van der Waals surface area contributed by atoms with Crippen molar-refractivity contribution in [3.05, 3.63) is 34.5 Å². The van der Waals surface area contributed by atoms with Gasteiger partial charge in [-0.15, -0.1) is 0 Å². The highest BCUT2D eigenvalue weighted by Gasteiger charge is 2.60. The number of carbonyl (C=O) groups excluding carboxylic acids is 3. The van der Waals surface area contributed by atoms with Crippen molar-refractivity contribution in [3.63, 3.8) is 0 Å². The lowest BCUT2D eigenvalue weighted by Gasteiger charge is -2.33. The zero-order valence-corrected chi connectivity index (χ0v) is 16.3. The van der Waals surface area contributed by atoms with Gasteiger partial charge in [-0.2, -0.15) is 5.10 Å². The molecule has 2 aromatic heterocycles. The van der Waals surface area contributed by atoms with Crippen LogP contribution in [-0.2, 0) is 33.3 Å². The molecule has 3 rings (SSSR count). The van der Waals surface area contributed by atoms with Crippen molar-refractivity contribution in [2.75, 3.05) is 6.61 Å². The SMILES string of the molecule is CC(=O)OC[C@H]1O[C@@H](c2ccc3c(=O)[nH]cnn23)[C@](C)(OC(C)=O)[C@@H]1OC(C)=O. The van der Waals surface area contributed by atoms with Gasteiger partial charge in [0.05, 0.1) is 5.69 Å². The Morgan fingerprint density at radius 1 is 1.21 bits per heavy atom. The van der Waals surface area contributed by atoms with Gasteiger partial charge < -0.3 is 23.9 Å². The molecule has 11 heteroatoms. The van der Waals surface area contributed by atoms with Gasteiger partial charge in [0.25, 0.3) is 5.56 Å². The van der Waals surface area contributed by atoms with Crippen molar-refractivity contribution >= 4 is 23.4 Å². The highest BCUT2D eigenvalue weighted by atomic mass is 16.7. The standard InChI is InChI=1S/C18H21N3O8/c1-9(22)26-7-14-16(27-10(2)23)18(4,29-11(3)24)15(28-14)12-5-6-13-17(25)19-8-20-21(12)13/h5-6,8,14-16H,7H2,1-4H3,(H,19,20,25)/t14-,15+,16-,18+/m1/s1. The van der Waals surface area contributed by atoms with E-state index >= 15 is 0 Å². The summed E-state index contributed by atoms with van der Waals surface area (Å²) in [6, 6.07) is 3.14. The molecule has 1 fully saturated rings. The quantitative estimate of drug-likeness (QED) is 0.547. The van der Waals surface area contributed by atoms with Crippen LogP contribution in [0.5, 0.6) is 0 Å². The number of hydrogen-bond acceptors (Lipinski definition) is 9. The van der Waals surface area contributed by atoms with Crippen LogP contribution in [0.15, 0.2) is 23.3 Å². The first-order valence-corrected chi connectivity index (χ1v) is 8.84. The summed E-state index contributed by atoms with van der Waals surface area (Å²) in [7, 11) is 0. The van der Waals surface area contributed by atoms with Gasteiger partial charge in [-0.3, -0.25) is 19.2 Å². The number of ether oxygens (including phenoxy) is 4. The van der Waals surface area contributed by atoms with E-state index in [0.29, 0.717) is 5.69 Å². The lowest BCUT2D eigenvalue weighted by atomic mass is 9.90. The maximum atomic E-state index is 12.0. The van der Waals surface area contributed by atoms with Crippen LogP contribution in [-0.4, -0.2) is 56.9 Å². The van der Waals surface area contributed by atoms with E-state index < -0.39 is 41.8 Å². The van der Waals surface area contributed by atoms with E-state index in [1.807, 2.05) is 0 Å². The molecule has 1 aliphatic rings. The van der Waals surface area contributed by atoms with Crippen LogP contribution in [0.1, 0.15) is 39.5 Å². The topological polar surface area (TPSA) is 138 Å². The van der Waals surface area contributed by atoms with E-state index in [4.69, 9.17) is 18.9 Å².